The summed E-state index contributed by atoms with van der Waals surface area (Å²) in [6.45, 7) is 2.37. The van der Waals surface area contributed by atoms with Gasteiger partial charge in [0.1, 0.15) is 11.5 Å². The Labute approximate surface area is 158 Å². The first-order chi connectivity index (χ1) is 12.4. The molecule has 0 aliphatic rings. The Morgan fingerprint density at radius 3 is 2.65 bits per heavy atom. The fraction of sp³-hybridized carbons (Fsp3) is 0.167. The van der Waals surface area contributed by atoms with E-state index in [1.54, 1.807) is 12.1 Å². The predicted octanol–water partition coefficient (Wildman–Crippen LogP) is 4.42. The van der Waals surface area contributed by atoms with Gasteiger partial charge < -0.3 is 14.8 Å². The second kappa shape index (κ2) is 9.00. The lowest BCUT2D eigenvalue weighted by Gasteiger charge is -2.09. The van der Waals surface area contributed by atoms with E-state index in [9.17, 15) is 14.9 Å². The van der Waals surface area contributed by atoms with Crippen LogP contribution in [0.1, 0.15) is 12.5 Å². The van der Waals surface area contributed by atoms with Crippen molar-refractivity contribution >= 4 is 39.3 Å². The molecule has 0 fully saturated rings. The summed E-state index contributed by atoms with van der Waals surface area (Å²) >= 11 is 3.38. The standard InChI is InChI=1S/C18H17BrN2O5/c1-3-26-16-7-5-13(19)10-12(16)4-9-18(22)20-15-11-14(21(23)24)6-8-17(15)25-2/h4-11H,3H2,1-2H3,(H,20,22). The van der Waals surface area contributed by atoms with Crippen molar-refractivity contribution in [2.45, 2.75) is 6.92 Å². The lowest BCUT2D eigenvalue weighted by atomic mass is 10.2. The van der Waals surface area contributed by atoms with Crippen molar-refractivity contribution in [1.29, 1.82) is 0 Å². The third kappa shape index (κ3) is 5.06. The minimum atomic E-state index is -0.541. The average Bonchev–Trinajstić information content (AvgIpc) is 2.62. The Bertz CT molecular complexity index is 851. The number of methoxy groups -OCH3 is 1. The van der Waals surface area contributed by atoms with E-state index in [0.29, 0.717) is 18.1 Å². The van der Waals surface area contributed by atoms with Gasteiger partial charge in [-0.25, -0.2) is 0 Å². The number of hydrogen-bond donors (Lipinski definition) is 1. The fourth-order valence-corrected chi connectivity index (χ4v) is 2.56. The molecule has 0 heterocycles. The Kier molecular flexibility index (Phi) is 6.74. The molecular formula is C18H17BrN2O5. The number of nitrogens with one attached hydrogen (secondary N) is 1. The van der Waals surface area contributed by atoms with Crippen molar-refractivity contribution in [3.05, 3.63) is 62.6 Å². The third-order valence-corrected chi connectivity index (χ3v) is 3.83. The van der Waals surface area contributed by atoms with Crippen LogP contribution in [0.25, 0.3) is 6.08 Å². The number of anilines is 1. The highest BCUT2D eigenvalue weighted by Crippen LogP contribution is 2.29. The minimum absolute atomic E-state index is 0.143. The first-order valence-electron chi connectivity index (χ1n) is 7.68. The van der Waals surface area contributed by atoms with Gasteiger partial charge in [0.2, 0.25) is 5.91 Å². The smallest absolute Gasteiger partial charge is 0.271 e. The number of amides is 1. The molecule has 0 saturated heterocycles. The third-order valence-electron chi connectivity index (χ3n) is 3.34. The summed E-state index contributed by atoms with van der Waals surface area (Å²) < 4.78 is 11.5. The zero-order chi connectivity index (χ0) is 19.1. The molecule has 26 heavy (non-hydrogen) atoms. The summed E-state index contributed by atoms with van der Waals surface area (Å²) in [4.78, 5) is 22.6. The quantitative estimate of drug-likeness (QED) is 0.406. The number of non-ortho nitro benzene ring substituents is 1. The van der Waals surface area contributed by atoms with E-state index in [1.165, 1.54) is 31.4 Å². The van der Waals surface area contributed by atoms with Crippen LogP contribution >= 0.6 is 15.9 Å². The summed E-state index contributed by atoms with van der Waals surface area (Å²) in [7, 11) is 1.42. The van der Waals surface area contributed by atoms with Crippen molar-refractivity contribution in [1.82, 2.24) is 0 Å². The Hall–Kier alpha value is -2.87. The molecule has 0 atom stereocenters. The van der Waals surface area contributed by atoms with E-state index in [2.05, 4.69) is 21.2 Å². The average molecular weight is 421 g/mol. The normalized spacial score (nSPS) is 10.6. The minimum Gasteiger partial charge on any atom is -0.495 e. The van der Waals surface area contributed by atoms with Crippen molar-refractivity contribution in [3.63, 3.8) is 0 Å². The molecule has 0 saturated carbocycles. The number of rotatable bonds is 7. The fourth-order valence-electron chi connectivity index (χ4n) is 2.18. The van der Waals surface area contributed by atoms with Crippen molar-refractivity contribution in [3.8, 4) is 11.5 Å². The number of nitro groups is 1. The van der Waals surface area contributed by atoms with Crippen molar-refractivity contribution < 1.29 is 19.2 Å². The van der Waals surface area contributed by atoms with Gasteiger partial charge in [0, 0.05) is 28.2 Å². The van der Waals surface area contributed by atoms with E-state index >= 15 is 0 Å². The van der Waals surface area contributed by atoms with Gasteiger partial charge in [-0.2, -0.15) is 0 Å². The topological polar surface area (TPSA) is 90.7 Å². The molecule has 0 radical (unpaired) electrons. The predicted molar refractivity (Wildman–Crippen MR) is 103 cm³/mol. The summed E-state index contributed by atoms with van der Waals surface area (Å²) in [5.74, 6) is 0.522. The van der Waals surface area contributed by atoms with E-state index in [0.717, 1.165) is 10.0 Å². The molecule has 136 valence electrons. The first-order valence-corrected chi connectivity index (χ1v) is 8.47. The van der Waals surface area contributed by atoms with Gasteiger partial charge in [-0.15, -0.1) is 0 Å². The maximum Gasteiger partial charge on any atom is 0.271 e. The van der Waals surface area contributed by atoms with Crippen LogP contribution < -0.4 is 14.8 Å². The summed E-state index contributed by atoms with van der Waals surface area (Å²) in [6.07, 6.45) is 2.93. The number of nitrogens with zero attached hydrogens (tertiary/aromatic N) is 1. The monoisotopic (exact) mass is 420 g/mol. The van der Waals surface area contributed by atoms with Crippen LogP contribution in [0, 0.1) is 10.1 Å². The van der Waals surface area contributed by atoms with Crippen LogP contribution in [0.3, 0.4) is 0 Å². The van der Waals surface area contributed by atoms with Gasteiger partial charge in [0.25, 0.3) is 5.69 Å². The number of carbonyl (C=O) groups excluding carboxylic acids is 1. The molecule has 0 aliphatic carbocycles. The number of hydrogen-bond acceptors (Lipinski definition) is 5. The van der Waals surface area contributed by atoms with Gasteiger partial charge in [-0.05, 0) is 37.3 Å². The molecule has 0 aliphatic heterocycles. The van der Waals surface area contributed by atoms with E-state index in [4.69, 9.17) is 9.47 Å². The first kappa shape index (κ1) is 19.5. The van der Waals surface area contributed by atoms with Crippen LogP contribution in [0.15, 0.2) is 46.9 Å². The molecule has 1 N–H and O–H groups in total. The Morgan fingerprint density at radius 2 is 2.00 bits per heavy atom. The van der Waals surface area contributed by atoms with Crippen LogP contribution in [0.2, 0.25) is 0 Å². The van der Waals surface area contributed by atoms with Gasteiger partial charge in [0.15, 0.2) is 0 Å². The highest BCUT2D eigenvalue weighted by molar-refractivity contribution is 9.10. The maximum atomic E-state index is 12.2. The van der Waals surface area contributed by atoms with Crippen LogP contribution in [-0.4, -0.2) is 24.5 Å². The molecule has 2 aromatic carbocycles. The van der Waals surface area contributed by atoms with E-state index < -0.39 is 10.8 Å². The number of ether oxygens (including phenoxy) is 2. The van der Waals surface area contributed by atoms with Crippen LogP contribution in [-0.2, 0) is 4.79 Å². The zero-order valence-corrected chi connectivity index (χ0v) is 15.8. The molecule has 1 amide bonds. The second-order valence-electron chi connectivity index (χ2n) is 5.08. The molecule has 0 spiro atoms. The molecule has 2 aromatic rings. The van der Waals surface area contributed by atoms with Crippen molar-refractivity contribution in [2.75, 3.05) is 19.0 Å². The Morgan fingerprint density at radius 1 is 1.27 bits per heavy atom. The highest BCUT2D eigenvalue weighted by Gasteiger charge is 2.12. The van der Waals surface area contributed by atoms with Gasteiger partial charge in [0.05, 0.1) is 24.3 Å². The summed E-state index contributed by atoms with van der Waals surface area (Å²) in [6, 6.07) is 9.45. The lowest BCUT2D eigenvalue weighted by molar-refractivity contribution is -0.384. The van der Waals surface area contributed by atoms with Gasteiger partial charge in [-0.1, -0.05) is 15.9 Å². The summed E-state index contributed by atoms with van der Waals surface area (Å²) in [5, 5.41) is 13.5. The van der Waals surface area contributed by atoms with E-state index in [1.807, 2.05) is 19.1 Å². The van der Waals surface area contributed by atoms with Gasteiger partial charge >= 0.3 is 0 Å². The lowest BCUT2D eigenvalue weighted by Crippen LogP contribution is -2.09. The number of nitro benzene ring substituents is 1. The largest absolute Gasteiger partial charge is 0.495 e. The second-order valence-corrected chi connectivity index (χ2v) is 6.00. The molecule has 0 aromatic heterocycles. The molecule has 7 nitrogen and oxygen atoms in total. The molecular weight excluding hydrogens is 404 g/mol. The Balaban J connectivity index is 2.21. The van der Waals surface area contributed by atoms with E-state index in [-0.39, 0.29) is 11.4 Å². The SMILES string of the molecule is CCOc1ccc(Br)cc1C=CC(=O)Nc1cc([N+](=O)[O-])ccc1OC. The maximum absolute atomic E-state index is 12.2. The summed E-state index contributed by atoms with van der Waals surface area (Å²) in [5.41, 5.74) is 0.800. The molecule has 0 bridgehead atoms. The number of halogens is 1. The van der Waals surface area contributed by atoms with Crippen LogP contribution in [0.5, 0.6) is 11.5 Å². The highest BCUT2D eigenvalue weighted by atomic mass is 79.9. The van der Waals surface area contributed by atoms with Crippen LogP contribution in [0.4, 0.5) is 11.4 Å². The molecule has 8 heteroatoms. The number of carbonyl (C=O) groups is 1. The van der Waals surface area contributed by atoms with Gasteiger partial charge in [-0.3, -0.25) is 14.9 Å². The zero-order valence-electron chi connectivity index (χ0n) is 14.2. The number of benzene rings is 2. The molecule has 0 unspecified atom stereocenters. The molecule has 2 rings (SSSR count). The van der Waals surface area contributed by atoms with Crippen molar-refractivity contribution in [2.24, 2.45) is 0 Å².